The molecular formula is C15H20F3N3O3. The van der Waals surface area contributed by atoms with Crippen molar-refractivity contribution < 1.29 is 22.8 Å². The van der Waals surface area contributed by atoms with Gasteiger partial charge in [0, 0.05) is 18.3 Å². The van der Waals surface area contributed by atoms with Gasteiger partial charge >= 0.3 is 6.18 Å². The molecule has 1 fully saturated rings. The third kappa shape index (κ3) is 3.96. The van der Waals surface area contributed by atoms with Crippen molar-refractivity contribution in [2.24, 2.45) is 5.73 Å². The van der Waals surface area contributed by atoms with Crippen LogP contribution in [-0.4, -0.2) is 24.2 Å². The highest BCUT2D eigenvalue weighted by molar-refractivity contribution is 5.61. The van der Waals surface area contributed by atoms with Crippen LogP contribution in [0.15, 0.2) is 12.1 Å². The minimum Gasteiger partial charge on any atom is -0.398 e. The lowest BCUT2D eigenvalue weighted by Crippen LogP contribution is -2.25. The van der Waals surface area contributed by atoms with E-state index in [-0.39, 0.29) is 17.4 Å². The largest absolute Gasteiger partial charge is 0.423 e. The normalized spacial score (nSPS) is 21.7. The Bertz CT molecular complexity index is 600. The topological polar surface area (TPSA) is 104 Å². The van der Waals surface area contributed by atoms with Gasteiger partial charge < -0.3 is 16.2 Å². The maximum absolute atomic E-state index is 13.4. The monoisotopic (exact) mass is 347 g/mol. The number of ether oxygens (including phenoxy) is 1. The second-order valence-corrected chi connectivity index (χ2v) is 5.85. The molecule has 0 heterocycles. The van der Waals surface area contributed by atoms with Crippen molar-refractivity contribution in [3.8, 4) is 0 Å². The first-order valence-electron chi connectivity index (χ1n) is 7.71. The third-order valence-electron chi connectivity index (χ3n) is 4.29. The van der Waals surface area contributed by atoms with E-state index in [0.29, 0.717) is 38.8 Å². The Balaban J connectivity index is 2.33. The van der Waals surface area contributed by atoms with Crippen molar-refractivity contribution in [2.45, 2.75) is 43.9 Å². The molecule has 1 aromatic rings. The number of nitrogens with zero attached hydrogens (tertiary/aromatic N) is 1. The van der Waals surface area contributed by atoms with Crippen molar-refractivity contribution in [1.82, 2.24) is 0 Å². The maximum atomic E-state index is 13.4. The molecule has 134 valence electrons. The average molecular weight is 347 g/mol. The molecule has 0 aromatic heterocycles. The Kier molecular flexibility index (Phi) is 5.66. The Morgan fingerprint density at radius 1 is 1.25 bits per heavy atom. The summed E-state index contributed by atoms with van der Waals surface area (Å²) < 4.78 is 45.9. The first-order chi connectivity index (χ1) is 11.3. The SMILES string of the molecule is NCCOC1CCC(c2c(N)ccc([N+](=O)[O-])c2C(F)(F)F)CC1. The molecule has 0 aliphatic heterocycles. The van der Waals surface area contributed by atoms with Gasteiger partial charge in [0.05, 0.1) is 17.6 Å². The first-order valence-corrected chi connectivity index (χ1v) is 7.71. The van der Waals surface area contributed by atoms with E-state index in [2.05, 4.69) is 0 Å². The van der Waals surface area contributed by atoms with Crippen LogP contribution in [0.4, 0.5) is 24.5 Å². The van der Waals surface area contributed by atoms with Crippen LogP contribution in [0.25, 0.3) is 0 Å². The zero-order valence-electron chi connectivity index (χ0n) is 13.0. The van der Waals surface area contributed by atoms with Gasteiger partial charge in [0.2, 0.25) is 0 Å². The molecule has 24 heavy (non-hydrogen) atoms. The van der Waals surface area contributed by atoms with E-state index >= 15 is 0 Å². The number of anilines is 1. The van der Waals surface area contributed by atoms with Gasteiger partial charge in [-0.05, 0) is 43.2 Å². The minimum absolute atomic E-state index is 0.0425. The number of nitrogens with two attached hydrogens (primary N) is 2. The molecule has 0 saturated heterocycles. The molecule has 0 unspecified atom stereocenters. The predicted octanol–water partition coefficient (Wildman–Crippen LogP) is 3.20. The number of nitro benzene ring substituents is 1. The van der Waals surface area contributed by atoms with Crippen LogP contribution in [0.3, 0.4) is 0 Å². The number of halogens is 3. The summed E-state index contributed by atoms with van der Waals surface area (Å²) in [6.45, 7) is 0.790. The van der Waals surface area contributed by atoms with Gasteiger partial charge in [-0.3, -0.25) is 10.1 Å². The average Bonchev–Trinajstić information content (AvgIpc) is 2.52. The maximum Gasteiger partial charge on any atom is 0.423 e. The predicted molar refractivity (Wildman–Crippen MR) is 82.5 cm³/mol. The van der Waals surface area contributed by atoms with Crippen molar-refractivity contribution in [1.29, 1.82) is 0 Å². The number of hydrogen-bond acceptors (Lipinski definition) is 5. The summed E-state index contributed by atoms with van der Waals surface area (Å²) in [6.07, 6.45) is -2.86. The van der Waals surface area contributed by atoms with E-state index in [1.165, 1.54) is 6.07 Å². The molecule has 6 nitrogen and oxygen atoms in total. The number of nitrogen functional groups attached to an aromatic ring is 1. The Morgan fingerprint density at radius 2 is 1.88 bits per heavy atom. The van der Waals surface area contributed by atoms with Gasteiger partial charge in [-0.1, -0.05) is 0 Å². The van der Waals surface area contributed by atoms with Crippen LogP contribution in [0.2, 0.25) is 0 Å². The molecule has 4 N–H and O–H groups in total. The van der Waals surface area contributed by atoms with Crippen molar-refractivity contribution in [2.75, 3.05) is 18.9 Å². The molecule has 0 amide bonds. The van der Waals surface area contributed by atoms with Crippen LogP contribution in [0.1, 0.15) is 42.7 Å². The van der Waals surface area contributed by atoms with E-state index in [4.69, 9.17) is 16.2 Å². The highest BCUT2D eigenvalue weighted by Crippen LogP contribution is 2.47. The molecule has 0 bridgehead atoms. The summed E-state index contributed by atoms with van der Waals surface area (Å²) in [7, 11) is 0. The van der Waals surface area contributed by atoms with Crippen LogP contribution < -0.4 is 11.5 Å². The van der Waals surface area contributed by atoms with Crippen LogP contribution in [0.5, 0.6) is 0 Å². The number of benzene rings is 1. The van der Waals surface area contributed by atoms with Gasteiger partial charge in [0.15, 0.2) is 0 Å². The molecule has 9 heteroatoms. The fourth-order valence-electron chi connectivity index (χ4n) is 3.27. The van der Waals surface area contributed by atoms with Crippen molar-refractivity contribution in [3.05, 3.63) is 33.4 Å². The Morgan fingerprint density at radius 3 is 2.38 bits per heavy atom. The fourth-order valence-corrected chi connectivity index (χ4v) is 3.27. The third-order valence-corrected chi connectivity index (χ3v) is 4.29. The zero-order valence-corrected chi connectivity index (χ0v) is 13.0. The smallest absolute Gasteiger partial charge is 0.398 e. The molecule has 0 radical (unpaired) electrons. The first kappa shape index (κ1) is 18.5. The van der Waals surface area contributed by atoms with Gasteiger partial charge in [0.25, 0.3) is 5.69 Å². The second-order valence-electron chi connectivity index (χ2n) is 5.85. The lowest BCUT2D eigenvalue weighted by molar-refractivity contribution is -0.388. The molecule has 1 aliphatic rings. The summed E-state index contributed by atoms with van der Waals surface area (Å²) >= 11 is 0. The fraction of sp³-hybridized carbons (Fsp3) is 0.600. The molecule has 1 aromatic carbocycles. The van der Waals surface area contributed by atoms with Crippen molar-refractivity contribution >= 4 is 11.4 Å². The quantitative estimate of drug-likeness (QED) is 0.483. The lowest BCUT2D eigenvalue weighted by Gasteiger charge is -2.30. The van der Waals surface area contributed by atoms with Gasteiger partial charge in [0.1, 0.15) is 5.56 Å². The zero-order chi connectivity index (χ0) is 17.9. The van der Waals surface area contributed by atoms with Gasteiger partial charge in [-0.25, -0.2) is 0 Å². The standard InChI is InChI=1S/C15H20F3N3O3/c16-15(17,18)14-12(21(22)23)6-5-11(20)13(14)9-1-3-10(4-2-9)24-8-7-19/h5-6,9-10H,1-4,7-8,19-20H2. The summed E-state index contributed by atoms with van der Waals surface area (Å²) in [5.41, 5.74) is 8.74. The second kappa shape index (κ2) is 7.35. The molecule has 0 atom stereocenters. The molecule has 0 spiro atoms. The molecule has 1 aliphatic carbocycles. The molecular weight excluding hydrogens is 327 g/mol. The van der Waals surface area contributed by atoms with Gasteiger partial charge in [-0.2, -0.15) is 13.2 Å². The Hall–Kier alpha value is -1.87. The van der Waals surface area contributed by atoms with Crippen LogP contribution in [0, 0.1) is 10.1 Å². The molecule has 2 rings (SSSR count). The van der Waals surface area contributed by atoms with E-state index in [9.17, 15) is 23.3 Å². The molecule has 1 saturated carbocycles. The number of hydrogen-bond donors (Lipinski definition) is 2. The highest BCUT2D eigenvalue weighted by Gasteiger charge is 2.43. The van der Waals surface area contributed by atoms with E-state index in [1.807, 2.05) is 0 Å². The van der Waals surface area contributed by atoms with E-state index < -0.39 is 28.3 Å². The number of alkyl halides is 3. The number of nitro groups is 1. The summed E-state index contributed by atoms with van der Waals surface area (Å²) in [4.78, 5) is 10.0. The van der Waals surface area contributed by atoms with Gasteiger partial charge in [-0.15, -0.1) is 0 Å². The Labute approximate surface area is 137 Å². The van der Waals surface area contributed by atoms with Crippen LogP contribution >= 0.6 is 0 Å². The van der Waals surface area contributed by atoms with E-state index in [0.717, 1.165) is 6.07 Å². The number of rotatable bonds is 5. The summed E-state index contributed by atoms with van der Waals surface area (Å²) in [5, 5.41) is 11.0. The lowest BCUT2D eigenvalue weighted by atomic mass is 9.79. The van der Waals surface area contributed by atoms with E-state index in [1.54, 1.807) is 0 Å². The van der Waals surface area contributed by atoms with Crippen LogP contribution in [-0.2, 0) is 10.9 Å². The minimum atomic E-state index is -4.83. The summed E-state index contributed by atoms with van der Waals surface area (Å²) in [6, 6.07) is 2.00. The summed E-state index contributed by atoms with van der Waals surface area (Å²) in [5.74, 6) is -0.473. The van der Waals surface area contributed by atoms with Crippen molar-refractivity contribution in [3.63, 3.8) is 0 Å². The highest BCUT2D eigenvalue weighted by atomic mass is 19.4.